The lowest BCUT2D eigenvalue weighted by Crippen LogP contribution is -1.99. The van der Waals surface area contributed by atoms with Crippen LogP contribution in [0, 0.1) is 33.1 Å². The Kier molecular flexibility index (Phi) is 4.62. The fraction of sp³-hybridized carbons (Fsp3) is 0.500. The molecule has 0 spiro atoms. The number of hydrogen-bond acceptors (Lipinski definition) is 0. The normalized spacial score (nSPS) is 12.2. The number of rotatable bonds is 4. The zero-order valence-corrected chi connectivity index (χ0v) is 10.9. The average Bonchev–Trinajstić information content (AvgIpc) is 2.26. The van der Waals surface area contributed by atoms with Crippen LogP contribution in [0.25, 0.3) is 0 Å². The summed E-state index contributed by atoms with van der Waals surface area (Å²) in [6.45, 7) is 8.63. The van der Waals surface area contributed by atoms with Crippen LogP contribution in [-0.2, 0) is 0 Å². The van der Waals surface area contributed by atoms with Crippen molar-refractivity contribution in [3.05, 3.63) is 40.8 Å². The minimum atomic E-state index is 0.179. The molecule has 0 heterocycles. The molecule has 0 fully saturated rings. The van der Waals surface area contributed by atoms with Gasteiger partial charge in [-0.05, 0) is 55.9 Å². The highest BCUT2D eigenvalue weighted by Crippen LogP contribution is 2.25. The molecule has 0 aliphatic heterocycles. The van der Waals surface area contributed by atoms with E-state index in [2.05, 4.69) is 45.7 Å². The highest BCUT2D eigenvalue weighted by atomic mass is 14.1. The summed E-state index contributed by atoms with van der Waals surface area (Å²) in [4.78, 5) is 0. The molecule has 16 heavy (non-hydrogen) atoms. The third kappa shape index (κ3) is 2.89. The molecular weight excluding hydrogens is 192 g/mol. The Morgan fingerprint density at radius 3 is 2.19 bits per heavy atom. The van der Waals surface area contributed by atoms with Gasteiger partial charge in [-0.25, -0.2) is 0 Å². The Hall–Kier alpha value is -1.22. The van der Waals surface area contributed by atoms with Gasteiger partial charge in [0.25, 0.3) is 0 Å². The van der Waals surface area contributed by atoms with E-state index in [-0.39, 0.29) is 5.92 Å². The minimum absolute atomic E-state index is 0.179. The Morgan fingerprint density at radius 1 is 1.19 bits per heavy atom. The van der Waals surface area contributed by atoms with E-state index >= 15 is 0 Å². The molecule has 1 aromatic rings. The Morgan fingerprint density at radius 2 is 1.75 bits per heavy atom. The average molecular weight is 213 g/mol. The van der Waals surface area contributed by atoms with Crippen molar-refractivity contribution >= 4 is 0 Å². The Bertz CT molecular complexity index is 370. The van der Waals surface area contributed by atoms with Gasteiger partial charge in [0.1, 0.15) is 0 Å². The molecular formula is C16H21. The summed E-state index contributed by atoms with van der Waals surface area (Å²) in [5.41, 5.74) is 5.27. The van der Waals surface area contributed by atoms with Crippen LogP contribution >= 0.6 is 0 Å². The third-order valence-electron chi connectivity index (χ3n) is 3.37. The largest absolute Gasteiger partial charge is 0.0809 e. The van der Waals surface area contributed by atoms with Crippen molar-refractivity contribution in [3.63, 3.8) is 0 Å². The van der Waals surface area contributed by atoms with Gasteiger partial charge >= 0.3 is 0 Å². The van der Waals surface area contributed by atoms with E-state index in [0.29, 0.717) is 0 Å². The molecule has 85 valence electrons. The standard InChI is InChI=1S/C16H21/c1-6-8-9-15(7-2)16-10-12(3)14(5)13(4)11-16/h10-11,15H,6,8-9H2,1,3-5H3. The molecule has 0 saturated carbocycles. The van der Waals surface area contributed by atoms with Crippen molar-refractivity contribution in [1.82, 2.24) is 0 Å². The van der Waals surface area contributed by atoms with Crippen molar-refractivity contribution in [2.24, 2.45) is 0 Å². The van der Waals surface area contributed by atoms with Gasteiger partial charge in [0.2, 0.25) is 0 Å². The molecule has 0 saturated heterocycles. The van der Waals surface area contributed by atoms with Gasteiger partial charge in [0.05, 0.1) is 0 Å². The van der Waals surface area contributed by atoms with E-state index in [1.54, 1.807) is 0 Å². The lowest BCUT2D eigenvalue weighted by Gasteiger charge is -2.14. The van der Waals surface area contributed by atoms with Gasteiger partial charge in [0.15, 0.2) is 0 Å². The fourth-order valence-corrected chi connectivity index (χ4v) is 2.00. The first-order valence-corrected chi connectivity index (χ1v) is 6.10. The molecule has 1 atom stereocenters. The molecule has 0 aliphatic carbocycles. The second-order valence-electron chi connectivity index (χ2n) is 4.62. The maximum absolute atomic E-state index is 7.42. The maximum Gasteiger partial charge on any atom is 0.0462 e. The molecule has 1 radical (unpaired) electrons. The van der Waals surface area contributed by atoms with Crippen LogP contribution in [0.15, 0.2) is 12.1 Å². The van der Waals surface area contributed by atoms with Gasteiger partial charge in [-0.3, -0.25) is 0 Å². The SMILES string of the molecule is [C]#CC(CCCC)c1cc(C)c(C)c(C)c1. The van der Waals surface area contributed by atoms with E-state index in [1.165, 1.54) is 35.1 Å². The molecule has 0 nitrogen and oxygen atoms in total. The van der Waals surface area contributed by atoms with Crippen LogP contribution in [0.4, 0.5) is 0 Å². The monoisotopic (exact) mass is 213 g/mol. The van der Waals surface area contributed by atoms with Crippen LogP contribution in [-0.4, -0.2) is 0 Å². The zero-order chi connectivity index (χ0) is 12.1. The molecule has 1 unspecified atom stereocenters. The lowest BCUT2D eigenvalue weighted by molar-refractivity contribution is 0.674. The van der Waals surface area contributed by atoms with E-state index in [4.69, 9.17) is 6.42 Å². The van der Waals surface area contributed by atoms with Crippen molar-refractivity contribution in [2.75, 3.05) is 0 Å². The fourth-order valence-electron chi connectivity index (χ4n) is 2.00. The van der Waals surface area contributed by atoms with Crippen molar-refractivity contribution in [3.8, 4) is 5.92 Å². The van der Waals surface area contributed by atoms with Gasteiger partial charge in [0, 0.05) is 5.92 Å². The molecule has 1 aromatic carbocycles. The third-order valence-corrected chi connectivity index (χ3v) is 3.37. The Balaban J connectivity index is 2.98. The first kappa shape index (κ1) is 12.8. The molecule has 0 bridgehead atoms. The molecule has 0 aromatic heterocycles. The van der Waals surface area contributed by atoms with Crippen molar-refractivity contribution in [2.45, 2.75) is 52.9 Å². The number of unbranched alkanes of at least 4 members (excludes halogenated alkanes) is 1. The predicted molar refractivity (Wildman–Crippen MR) is 70.1 cm³/mol. The van der Waals surface area contributed by atoms with Crippen LogP contribution in [0.1, 0.15) is 54.4 Å². The number of hydrogen-bond donors (Lipinski definition) is 0. The molecule has 0 heteroatoms. The second kappa shape index (κ2) is 5.75. The van der Waals surface area contributed by atoms with Gasteiger partial charge in [-0.2, -0.15) is 0 Å². The molecule has 0 N–H and O–H groups in total. The number of benzene rings is 1. The molecule has 0 aliphatic rings. The number of aryl methyl sites for hydroxylation is 2. The zero-order valence-electron chi connectivity index (χ0n) is 10.9. The van der Waals surface area contributed by atoms with E-state index in [0.717, 1.165) is 6.42 Å². The highest BCUT2D eigenvalue weighted by Gasteiger charge is 2.10. The minimum Gasteiger partial charge on any atom is -0.0809 e. The van der Waals surface area contributed by atoms with Gasteiger partial charge in [-0.1, -0.05) is 37.8 Å². The first-order valence-electron chi connectivity index (χ1n) is 6.10. The van der Waals surface area contributed by atoms with E-state index in [1.807, 2.05) is 0 Å². The van der Waals surface area contributed by atoms with Gasteiger partial charge < -0.3 is 0 Å². The maximum atomic E-state index is 7.42. The predicted octanol–water partition coefficient (Wildman–Crippen LogP) is 4.48. The van der Waals surface area contributed by atoms with Crippen molar-refractivity contribution < 1.29 is 0 Å². The van der Waals surface area contributed by atoms with Gasteiger partial charge in [-0.15, -0.1) is 0 Å². The van der Waals surface area contributed by atoms with Crippen LogP contribution in [0.3, 0.4) is 0 Å². The van der Waals surface area contributed by atoms with E-state index in [9.17, 15) is 0 Å². The van der Waals surface area contributed by atoms with Crippen LogP contribution < -0.4 is 0 Å². The summed E-state index contributed by atoms with van der Waals surface area (Å²) in [7, 11) is 0. The topological polar surface area (TPSA) is 0 Å². The summed E-state index contributed by atoms with van der Waals surface area (Å²) < 4.78 is 0. The van der Waals surface area contributed by atoms with Crippen LogP contribution in [0.2, 0.25) is 0 Å². The first-order chi connectivity index (χ1) is 7.60. The summed E-state index contributed by atoms with van der Waals surface area (Å²) in [5.74, 6) is 2.86. The highest BCUT2D eigenvalue weighted by molar-refractivity contribution is 5.40. The van der Waals surface area contributed by atoms with E-state index < -0.39 is 0 Å². The van der Waals surface area contributed by atoms with Crippen LogP contribution in [0.5, 0.6) is 0 Å². The summed E-state index contributed by atoms with van der Waals surface area (Å²) in [6.07, 6.45) is 10.8. The molecule has 1 rings (SSSR count). The quantitative estimate of drug-likeness (QED) is 0.647. The molecule has 0 amide bonds. The summed E-state index contributed by atoms with van der Waals surface area (Å²) in [5, 5.41) is 0. The smallest absolute Gasteiger partial charge is 0.0462 e. The van der Waals surface area contributed by atoms with Crippen molar-refractivity contribution in [1.29, 1.82) is 0 Å². The summed E-state index contributed by atoms with van der Waals surface area (Å²) in [6, 6.07) is 4.42. The summed E-state index contributed by atoms with van der Waals surface area (Å²) >= 11 is 0. The Labute approximate surface area is 100 Å². The second-order valence-corrected chi connectivity index (χ2v) is 4.62. The lowest BCUT2D eigenvalue weighted by atomic mass is 9.90.